The van der Waals surface area contributed by atoms with Gasteiger partial charge in [-0.2, -0.15) is 5.10 Å². The molecule has 114 valence electrons. The first kappa shape index (κ1) is 15.5. The van der Waals surface area contributed by atoms with Gasteiger partial charge in [0.05, 0.1) is 17.9 Å². The number of nitrogens with one attached hydrogen (secondary N) is 1. The van der Waals surface area contributed by atoms with Gasteiger partial charge < -0.3 is 15.2 Å². The van der Waals surface area contributed by atoms with Crippen molar-refractivity contribution in [1.82, 2.24) is 15.1 Å². The van der Waals surface area contributed by atoms with E-state index in [-0.39, 0.29) is 6.61 Å². The molecule has 21 heavy (non-hydrogen) atoms. The summed E-state index contributed by atoms with van der Waals surface area (Å²) in [5, 5.41) is 17.0. The standard InChI is InChI=1S/C16H23N3O2/c1-4-8-17-10-15-12(2)18-19(3)16(15)21-14-7-5-6-13(9-14)11-20/h5-7,9,17,20H,4,8,10-11H2,1-3H3. The van der Waals surface area contributed by atoms with Gasteiger partial charge in [0.15, 0.2) is 0 Å². The summed E-state index contributed by atoms with van der Waals surface area (Å²) in [4.78, 5) is 0. The van der Waals surface area contributed by atoms with E-state index in [4.69, 9.17) is 4.74 Å². The van der Waals surface area contributed by atoms with Crippen LogP contribution in [0.25, 0.3) is 0 Å². The Balaban J connectivity index is 2.21. The van der Waals surface area contributed by atoms with E-state index in [0.717, 1.165) is 42.2 Å². The number of hydrogen-bond acceptors (Lipinski definition) is 4. The Morgan fingerprint density at radius 1 is 1.38 bits per heavy atom. The summed E-state index contributed by atoms with van der Waals surface area (Å²) in [6, 6.07) is 7.46. The number of aliphatic hydroxyl groups is 1. The van der Waals surface area contributed by atoms with Crippen LogP contribution in [0, 0.1) is 6.92 Å². The van der Waals surface area contributed by atoms with Gasteiger partial charge in [0, 0.05) is 13.6 Å². The average molecular weight is 289 g/mol. The lowest BCUT2D eigenvalue weighted by Gasteiger charge is -2.10. The summed E-state index contributed by atoms with van der Waals surface area (Å²) < 4.78 is 7.74. The second-order valence-corrected chi connectivity index (χ2v) is 5.08. The Hall–Kier alpha value is -1.85. The molecular formula is C16H23N3O2. The fourth-order valence-corrected chi connectivity index (χ4v) is 2.22. The van der Waals surface area contributed by atoms with Gasteiger partial charge in [-0.25, -0.2) is 4.68 Å². The molecular weight excluding hydrogens is 266 g/mol. The third-order valence-electron chi connectivity index (χ3n) is 3.31. The number of nitrogens with zero attached hydrogens (tertiary/aromatic N) is 2. The highest BCUT2D eigenvalue weighted by molar-refractivity contribution is 5.37. The van der Waals surface area contributed by atoms with Gasteiger partial charge in [0.2, 0.25) is 5.88 Å². The minimum Gasteiger partial charge on any atom is -0.439 e. The maximum Gasteiger partial charge on any atom is 0.222 e. The first-order chi connectivity index (χ1) is 10.2. The second kappa shape index (κ2) is 7.24. The molecule has 0 aliphatic carbocycles. The highest BCUT2D eigenvalue weighted by Gasteiger charge is 2.15. The highest BCUT2D eigenvalue weighted by atomic mass is 16.5. The van der Waals surface area contributed by atoms with Crippen LogP contribution in [0.1, 0.15) is 30.2 Å². The van der Waals surface area contributed by atoms with E-state index >= 15 is 0 Å². The maximum absolute atomic E-state index is 9.20. The first-order valence-electron chi connectivity index (χ1n) is 7.26. The van der Waals surface area contributed by atoms with E-state index in [9.17, 15) is 5.11 Å². The zero-order chi connectivity index (χ0) is 15.2. The van der Waals surface area contributed by atoms with Crippen molar-refractivity contribution in [2.75, 3.05) is 6.54 Å². The van der Waals surface area contributed by atoms with Crippen molar-refractivity contribution in [1.29, 1.82) is 0 Å². The van der Waals surface area contributed by atoms with Crippen LogP contribution in [0.2, 0.25) is 0 Å². The molecule has 0 fully saturated rings. The van der Waals surface area contributed by atoms with E-state index in [0.29, 0.717) is 5.75 Å². The van der Waals surface area contributed by atoms with Crippen LogP contribution >= 0.6 is 0 Å². The Morgan fingerprint density at radius 2 is 2.19 bits per heavy atom. The monoisotopic (exact) mass is 289 g/mol. The largest absolute Gasteiger partial charge is 0.439 e. The molecule has 1 aromatic heterocycles. The van der Waals surface area contributed by atoms with Gasteiger partial charge in [0.25, 0.3) is 0 Å². The third-order valence-corrected chi connectivity index (χ3v) is 3.31. The lowest BCUT2D eigenvalue weighted by atomic mass is 10.2. The van der Waals surface area contributed by atoms with Gasteiger partial charge in [-0.1, -0.05) is 19.1 Å². The molecule has 0 aliphatic rings. The smallest absolute Gasteiger partial charge is 0.222 e. The maximum atomic E-state index is 9.20. The summed E-state index contributed by atoms with van der Waals surface area (Å²) in [5.74, 6) is 1.45. The molecule has 0 saturated heterocycles. The minimum absolute atomic E-state index is 0.00648. The molecule has 0 bridgehead atoms. The molecule has 0 radical (unpaired) electrons. The van der Waals surface area contributed by atoms with Gasteiger partial charge >= 0.3 is 0 Å². The Bertz CT molecular complexity index is 593. The van der Waals surface area contributed by atoms with Crippen molar-refractivity contribution in [3.05, 3.63) is 41.1 Å². The second-order valence-electron chi connectivity index (χ2n) is 5.08. The van der Waals surface area contributed by atoms with Crippen LogP contribution < -0.4 is 10.1 Å². The molecule has 2 aromatic rings. The van der Waals surface area contributed by atoms with E-state index < -0.39 is 0 Å². The molecule has 5 heteroatoms. The van der Waals surface area contributed by atoms with E-state index in [2.05, 4.69) is 17.3 Å². The summed E-state index contributed by atoms with van der Waals surface area (Å²) in [6.07, 6.45) is 1.09. The normalized spacial score (nSPS) is 10.9. The molecule has 2 rings (SSSR count). The fourth-order valence-electron chi connectivity index (χ4n) is 2.22. The number of ether oxygens (including phenoxy) is 1. The van der Waals surface area contributed by atoms with Gasteiger partial charge in [-0.05, 0) is 37.6 Å². The van der Waals surface area contributed by atoms with Crippen molar-refractivity contribution in [3.8, 4) is 11.6 Å². The minimum atomic E-state index is 0.00648. The van der Waals surface area contributed by atoms with E-state index in [1.165, 1.54) is 0 Å². The first-order valence-corrected chi connectivity index (χ1v) is 7.26. The number of aryl methyl sites for hydroxylation is 2. The molecule has 0 saturated carbocycles. The molecule has 0 spiro atoms. The lowest BCUT2D eigenvalue weighted by molar-refractivity contribution is 0.281. The lowest BCUT2D eigenvalue weighted by Crippen LogP contribution is -2.14. The highest BCUT2D eigenvalue weighted by Crippen LogP contribution is 2.27. The van der Waals surface area contributed by atoms with Crippen LogP contribution in [-0.4, -0.2) is 21.4 Å². The van der Waals surface area contributed by atoms with Crippen LogP contribution in [0.5, 0.6) is 11.6 Å². The molecule has 5 nitrogen and oxygen atoms in total. The van der Waals surface area contributed by atoms with Gasteiger partial charge in [-0.15, -0.1) is 0 Å². The predicted molar refractivity (Wildman–Crippen MR) is 82.4 cm³/mol. The van der Waals surface area contributed by atoms with Crippen LogP contribution in [-0.2, 0) is 20.2 Å². The molecule has 0 amide bonds. The Kier molecular flexibility index (Phi) is 5.36. The SMILES string of the molecule is CCCNCc1c(C)nn(C)c1Oc1cccc(CO)c1. The van der Waals surface area contributed by atoms with Crippen molar-refractivity contribution in [2.24, 2.45) is 7.05 Å². The fraction of sp³-hybridized carbons (Fsp3) is 0.438. The molecule has 2 N–H and O–H groups in total. The van der Waals surface area contributed by atoms with Crippen LogP contribution in [0.15, 0.2) is 24.3 Å². The topological polar surface area (TPSA) is 59.3 Å². The van der Waals surface area contributed by atoms with Crippen molar-refractivity contribution >= 4 is 0 Å². The average Bonchev–Trinajstić information content (AvgIpc) is 2.74. The zero-order valence-corrected chi connectivity index (χ0v) is 12.9. The zero-order valence-electron chi connectivity index (χ0n) is 12.9. The molecule has 0 aliphatic heterocycles. The van der Waals surface area contributed by atoms with Crippen LogP contribution in [0.4, 0.5) is 0 Å². The van der Waals surface area contributed by atoms with Crippen LogP contribution in [0.3, 0.4) is 0 Å². The summed E-state index contributed by atoms with van der Waals surface area (Å²) >= 11 is 0. The Morgan fingerprint density at radius 3 is 2.90 bits per heavy atom. The van der Waals surface area contributed by atoms with E-state index in [1.807, 2.05) is 38.2 Å². The summed E-state index contributed by atoms with van der Waals surface area (Å²) in [7, 11) is 1.88. The van der Waals surface area contributed by atoms with Crippen molar-refractivity contribution in [2.45, 2.75) is 33.4 Å². The molecule has 0 atom stereocenters. The summed E-state index contributed by atoms with van der Waals surface area (Å²) in [6.45, 7) is 5.84. The summed E-state index contributed by atoms with van der Waals surface area (Å²) in [5.41, 5.74) is 2.87. The number of aliphatic hydroxyl groups excluding tert-OH is 1. The van der Waals surface area contributed by atoms with Crippen molar-refractivity contribution < 1.29 is 9.84 Å². The molecule has 0 unspecified atom stereocenters. The predicted octanol–water partition coefficient (Wildman–Crippen LogP) is 2.51. The number of benzene rings is 1. The van der Waals surface area contributed by atoms with E-state index in [1.54, 1.807) is 4.68 Å². The number of hydrogen-bond donors (Lipinski definition) is 2. The number of rotatable bonds is 7. The molecule has 1 heterocycles. The van der Waals surface area contributed by atoms with Crippen molar-refractivity contribution in [3.63, 3.8) is 0 Å². The Labute approximate surface area is 125 Å². The molecule has 1 aromatic carbocycles. The number of aromatic nitrogens is 2. The quantitative estimate of drug-likeness (QED) is 0.769. The third kappa shape index (κ3) is 3.83. The van der Waals surface area contributed by atoms with Gasteiger partial charge in [-0.3, -0.25) is 0 Å². The van der Waals surface area contributed by atoms with Gasteiger partial charge in [0.1, 0.15) is 5.75 Å².